The number of aliphatic carboxylic acids is 1. The number of halogens is 2. The molecule has 0 unspecified atom stereocenters. The first kappa shape index (κ1) is 16.4. The zero-order chi connectivity index (χ0) is 15.9. The number of carbonyl (C=O) groups is 1. The predicted octanol–water partition coefficient (Wildman–Crippen LogP) is 1.83. The van der Waals surface area contributed by atoms with Crippen molar-refractivity contribution in [1.29, 1.82) is 0 Å². The van der Waals surface area contributed by atoms with Crippen LogP contribution in [0.1, 0.15) is 25.8 Å². The Kier molecular flexibility index (Phi) is 4.09. The number of sulfone groups is 1. The molecular formula is C12H14F2O5S. The summed E-state index contributed by atoms with van der Waals surface area (Å²) in [6, 6.07) is 0.651. The molecular weight excluding hydrogens is 294 g/mol. The lowest BCUT2D eigenvalue weighted by Crippen LogP contribution is -2.23. The highest BCUT2D eigenvalue weighted by Crippen LogP contribution is 2.38. The molecule has 0 saturated carbocycles. The molecule has 8 heteroatoms. The minimum Gasteiger partial charge on any atom is -0.505 e. The largest absolute Gasteiger partial charge is 0.505 e. The molecule has 0 aliphatic heterocycles. The Bertz CT molecular complexity index is 665. The van der Waals surface area contributed by atoms with Gasteiger partial charge in [-0.25, -0.2) is 17.2 Å². The van der Waals surface area contributed by atoms with Gasteiger partial charge in [0.15, 0.2) is 21.4 Å². The Hall–Kier alpha value is -1.70. The van der Waals surface area contributed by atoms with Crippen molar-refractivity contribution >= 4 is 15.8 Å². The van der Waals surface area contributed by atoms with E-state index in [4.69, 9.17) is 5.11 Å². The second-order valence-electron chi connectivity index (χ2n) is 5.12. The van der Waals surface area contributed by atoms with Crippen LogP contribution >= 0.6 is 0 Å². The minimum atomic E-state index is -4.20. The molecule has 0 aliphatic carbocycles. The van der Waals surface area contributed by atoms with E-state index in [-0.39, 0.29) is 5.56 Å². The molecule has 20 heavy (non-hydrogen) atoms. The van der Waals surface area contributed by atoms with Crippen molar-refractivity contribution in [2.75, 3.05) is 6.26 Å². The first-order valence-electron chi connectivity index (χ1n) is 5.51. The van der Waals surface area contributed by atoms with E-state index in [1.807, 2.05) is 0 Å². The van der Waals surface area contributed by atoms with Crippen molar-refractivity contribution in [1.82, 2.24) is 0 Å². The fraction of sp³-hybridized carbons (Fsp3) is 0.417. The fourth-order valence-electron chi connectivity index (χ4n) is 1.92. The Balaban J connectivity index is 3.60. The molecule has 5 nitrogen and oxygen atoms in total. The average molecular weight is 308 g/mol. The maximum Gasteiger partial charge on any atom is 0.304 e. The Morgan fingerprint density at radius 1 is 1.35 bits per heavy atom. The summed E-state index contributed by atoms with van der Waals surface area (Å²) in [5.41, 5.74) is -1.57. The molecule has 0 aromatic heterocycles. The number of aromatic hydroxyl groups is 1. The predicted molar refractivity (Wildman–Crippen MR) is 66.4 cm³/mol. The molecule has 0 heterocycles. The molecule has 0 atom stereocenters. The maximum atomic E-state index is 13.9. The van der Waals surface area contributed by atoms with Crippen molar-refractivity contribution in [3.8, 4) is 5.75 Å². The molecule has 1 aromatic rings. The van der Waals surface area contributed by atoms with Gasteiger partial charge in [-0.3, -0.25) is 4.79 Å². The summed E-state index contributed by atoms with van der Waals surface area (Å²) < 4.78 is 50.2. The van der Waals surface area contributed by atoms with Gasteiger partial charge in [-0.2, -0.15) is 0 Å². The average Bonchev–Trinajstić information content (AvgIpc) is 2.19. The number of hydrogen-bond donors (Lipinski definition) is 2. The van der Waals surface area contributed by atoms with Gasteiger partial charge in [0.25, 0.3) is 0 Å². The standard InChI is InChI=1S/C12H14F2O5S/c1-12(2,5-8(15)16)6-4-7(13)11(20(3,18)19)9(14)10(6)17/h4,17H,5H2,1-3H3,(H,15,16). The van der Waals surface area contributed by atoms with E-state index in [1.54, 1.807) is 0 Å². The van der Waals surface area contributed by atoms with Gasteiger partial charge in [-0.1, -0.05) is 13.8 Å². The third-order valence-corrected chi connectivity index (χ3v) is 3.96. The number of carboxylic acid groups (broad SMARTS) is 1. The van der Waals surface area contributed by atoms with Crippen LogP contribution in [0.5, 0.6) is 5.75 Å². The molecule has 0 aliphatic rings. The van der Waals surface area contributed by atoms with E-state index in [1.165, 1.54) is 13.8 Å². The third kappa shape index (κ3) is 3.06. The summed E-state index contributed by atoms with van der Waals surface area (Å²) in [7, 11) is -4.20. The van der Waals surface area contributed by atoms with Gasteiger partial charge in [0, 0.05) is 17.2 Å². The molecule has 2 N–H and O–H groups in total. The van der Waals surface area contributed by atoms with Crippen LogP contribution in [0.2, 0.25) is 0 Å². The Morgan fingerprint density at radius 2 is 1.85 bits per heavy atom. The topological polar surface area (TPSA) is 91.7 Å². The van der Waals surface area contributed by atoms with Crippen LogP contribution in [0.25, 0.3) is 0 Å². The van der Waals surface area contributed by atoms with Crippen LogP contribution in [-0.4, -0.2) is 30.9 Å². The Morgan fingerprint density at radius 3 is 2.25 bits per heavy atom. The molecule has 1 aromatic carbocycles. The monoisotopic (exact) mass is 308 g/mol. The SMILES string of the molecule is CC(C)(CC(=O)O)c1cc(F)c(S(C)(=O)=O)c(F)c1O. The second kappa shape index (κ2) is 5.01. The normalized spacial score (nSPS) is 12.4. The summed E-state index contributed by atoms with van der Waals surface area (Å²) in [6.45, 7) is 2.74. The lowest BCUT2D eigenvalue weighted by atomic mass is 9.81. The van der Waals surface area contributed by atoms with Crippen molar-refractivity contribution in [2.24, 2.45) is 0 Å². The number of benzene rings is 1. The fourth-order valence-corrected chi connectivity index (χ4v) is 2.76. The highest BCUT2D eigenvalue weighted by atomic mass is 32.2. The summed E-state index contributed by atoms with van der Waals surface area (Å²) in [5.74, 6) is -5.25. The van der Waals surface area contributed by atoms with Crippen molar-refractivity contribution in [3.63, 3.8) is 0 Å². The lowest BCUT2D eigenvalue weighted by molar-refractivity contribution is -0.138. The van der Waals surface area contributed by atoms with Crippen molar-refractivity contribution in [3.05, 3.63) is 23.3 Å². The summed E-state index contributed by atoms with van der Waals surface area (Å²) in [6.07, 6.45) is 0.119. The molecule has 0 amide bonds. The van der Waals surface area contributed by atoms with Crippen LogP contribution in [0.15, 0.2) is 11.0 Å². The van der Waals surface area contributed by atoms with Crippen LogP contribution in [0, 0.1) is 11.6 Å². The van der Waals surface area contributed by atoms with Gasteiger partial charge in [0.05, 0.1) is 6.42 Å². The van der Waals surface area contributed by atoms with E-state index in [0.29, 0.717) is 12.3 Å². The molecule has 112 valence electrons. The van der Waals surface area contributed by atoms with Gasteiger partial charge in [0.1, 0.15) is 10.7 Å². The van der Waals surface area contributed by atoms with Crippen LogP contribution < -0.4 is 0 Å². The van der Waals surface area contributed by atoms with E-state index in [0.717, 1.165) is 0 Å². The molecule has 0 spiro atoms. The van der Waals surface area contributed by atoms with E-state index < -0.39 is 49.9 Å². The van der Waals surface area contributed by atoms with E-state index in [9.17, 15) is 27.1 Å². The second-order valence-corrected chi connectivity index (χ2v) is 7.08. The minimum absolute atomic E-state index is 0.303. The number of hydrogen-bond acceptors (Lipinski definition) is 4. The Labute approximate surface area is 114 Å². The summed E-state index contributed by atoms with van der Waals surface area (Å²) >= 11 is 0. The van der Waals surface area contributed by atoms with E-state index >= 15 is 0 Å². The third-order valence-electron chi connectivity index (χ3n) is 2.84. The zero-order valence-electron chi connectivity index (χ0n) is 11.1. The van der Waals surface area contributed by atoms with E-state index in [2.05, 4.69) is 0 Å². The number of phenolic OH excluding ortho intramolecular Hbond substituents is 1. The highest BCUT2D eigenvalue weighted by Gasteiger charge is 2.33. The zero-order valence-corrected chi connectivity index (χ0v) is 11.9. The first-order valence-corrected chi connectivity index (χ1v) is 7.40. The molecule has 0 radical (unpaired) electrons. The number of carboxylic acids is 1. The number of phenols is 1. The highest BCUT2D eigenvalue weighted by molar-refractivity contribution is 7.90. The molecule has 0 saturated heterocycles. The van der Waals surface area contributed by atoms with Gasteiger partial charge in [0.2, 0.25) is 0 Å². The molecule has 1 rings (SSSR count). The summed E-state index contributed by atoms with van der Waals surface area (Å²) in [4.78, 5) is 9.50. The first-order chi connectivity index (χ1) is 8.88. The maximum absolute atomic E-state index is 13.9. The molecule has 0 bridgehead atoms. The van der Waals surface area contributed by atoms with Gasteiger partial charge >= 0.3 is 5.97 Å². The van der Waals surface area contributed by atoms with Gasteiger partial charge < -0.3 is 10.2 Å². The van der Waals surface area contributed by atoms with Crippen molar-refractivity contribution < 1.29 is 32.2 Å². The van der Waals surface area contributed by atoms with Gasteiger partial charge in [-0.15, -0.1) is 0 Å². The quantitative estimate of drug-likeness (QED) is 0.885. The summed E-state index contributed by atoms with van der Waals surface area (Å²) in [5, 5.41) is 18.5. The molecule has 0 fully saturated rings. The van der Waals surface area contributed by atoms with Crippen LogP contribution in [0.3, 0.4) is 0 Å². The van der Waals surface area contributed by atoms with Crippen LogP contribution in [0.4, 0.5) is 8.78 Å². The number of rotatable bonds is 4. The van der Waals surface area contributed by atoms with Crippen LogP contribution in [-0.2, 0) is 20.0 Å². The van der Waals surface area contributed by atoms with Gasteiger partial charge in [-0.05, 0) is 6.07 Å². The smallest absolute Gasteiger partial charge is 0.304 e. The lowest BCUT2D eigenvalue weighted by Gasteiger charge is -2.25. The van der Waals surface area contributed by atoms with Crippen molar-refractivity contribution in [2.45, 2.75) is 30.6 Å².